The molecule has 2 aliphatic rings. The molecule has 6 nitrogen and oxygen atoms in total. The van der Waals surface area contributed by atoms with E-state index in [4.69, 9.17) is 11.6 Å². The van der Waals surface area contributed by atoms with E-state index in [0.717, 1.165) is 24.9 Å². The Labute approximate surface area is 192 Å². The van der Waals surface area contributed by atoms with Gasteiger partial charge in [0.1, 0.15) is 5.82 Å². The highest BCUT2D eigenvalue weighted by Gasteiger charge is 2.40. The van der Waals surface area contributed by atoms with Gasteiger partial charge in [0.05, 0.1) is 5.69 Å². The van der Waals surface area contributed by atoms with E-state index in [1.165, 1.54) is 19.2 Å². The van der Waals surface area contributed by atoms with Crippen LogP contribution in [0.1, 0.15) is 24.0 Å². The van der Waals surface area contributed by atoms with E-state index in [1.807, 2.05) is 17.0 Å². The number of hydrogen-bond acceptors (Lipinski definition) is 3. The second kappa shape index (κ2) is 9.71. The molecule has 0 spiro atoms. The fourth-order valence-electron chi connectivity index (χ4n) is 4.46. The maximum Gasteiger partial charge on any atom is 0.318 e. The van der Waals surface area contributed by atoms with Gasteiger partial charge in [0.25, 0.3) is 0 Å². The Bertz CT molecular complexity index is 1010. The van der Waals surface area contributed by atoms with Crippen LogP contribution >= 0.6 is 11.6 Å². The molecule has 2 fully saturated rings. The van der Waals surface area contributed by atoms with E-state index in [0.29, 0.717) is 41.4 Å². The highest BCUT2D eigenvalue weighted by atomic mass is 35.5. The number of nitrogens with one attached hydrogen (secondary N) is 2. The molecule has 0 saturated carbocycles. The number of urea groups is 1. The zero-order valence-electron chi connectivity index (χ0n) is 17.9. The summed E-state index contributed by atoms with van der Waals surface area (Å²) in [5.41, 5.74) is 2.32. The minimum Gasteiger partial charge on any atom is -0.341 e. The number of benzene rings is 2. The molecule has 0 radical (unpaired) electrons. The summed E-state index contributed by atoms with van der Waals surface area (Å²) in [6.07, 6.45) is 5.36. The van der Waals surface area contributed by atoms with E-state index in [1.54, 1.807) is 30.4 Å². The topological polar surface area (TPSA) is 64.7 Å². The number of hydrogen-bond donors (Lipinski definition) is 2. The van der Waals surface area contributed by atoms with Crippen LogP contribution in [-0.4, -0.2) is 54.0 Å². The van der Waals surface area contributed by atoms with Crippen LogP contribution in [0.4, 0.5) is 14.9 Å². The standard InChI is InChI=1S/C24H26ClFN4O2/c1-27-24(32)28-22-12-18(25)6-4-17(22)5-11-23(31)29-14-20-9-10-21(15-29)30(20)13-16-2-7-19(26)8-3-16/h2-8,11-12,20-21H,9-10,13-15H2,1H3,(H2,27,28,32)/b11-5+. The van der Waals surface area contributed by atoms with Gasteiger partial charge in [-0.15, -0.1) is 0 Å². The first-order valence-corrected chi connectivity index (χ1v) is 11.1. The lowest BCUT2D eigenvalue weighted by Gasteiger charge is -2.40. The molecule has 2 heterocycles. The summed E-state index contributed by atoms with van der Waals surface area (Å²) in [6.45, 7) is 2.11. The third-order valence-electron chi connectivity index (χ3n) is 6.12. The summed E-state index contributed by atoms with van der Waals surface area (Å²) < 4.78 is 13.2. The first kappa shape index (κ1) is 22.3. The maximum atomic E-state index is 13.2. The molecule has 4 rings (SSSR count). The van der Waals surface area contributed by atoms with E-state index in [9.17, 15) is 14.0 Å². The van der Waals surface area contributed by atoms with Gasteiger partial charge in [-0.2, -0.15) is 0 Å². The van der Waals surface area contributed by atoms with Crippen molar-refractivity contribution >= 4 is 35.3 Å². The first-order valence-electron chi connectivity index (χ1n) is 10.7. The summed E-state index contributed by atoms with van der Waals surface area (Å²) in [4.78, 5) is 28.9. The summed E-state index contributed by atoms with van der Waals surface area (Å²) in [5, 5.41) is 5.72. The summed E-state index contributed by atoms with van der Waals surface area (Å²) in [6, 6.07) is 12.0. The smallest absolute Gasteiger partial charge is 0.318 e. The van der Waals surface area contributed by atoms with Gasteiger partial charge in [0.15, 0.2) is 0 Å². The predicted octanol–water partition coefficient (Wildman–Crippen LogP) is 4.12. The molecule has 2 unspecified atom stereocenters. The predicted molar refractivity (Wildman–Crippen MR) is 124 cm³/mol. The Hall–Kier alpha value is -2.90. The summed E-state index contributed by atoms with van der Waals surface area (Å²) >= 11 is 6.05. The maximum absolute atomic E-state index is 13.2. The monoisotopic (exact) mass is 456 g/mol. The van der Waals surface area contributed by atoms with Gasteiger partial charge in [-0.25, -0.2) is 9.18 Å². The molecule has 2 saturated heterocycles. The van der Waals surface area contributed by atoms with Gasteiger partial charge < -0.3 is 15.5 Å². The largest absolute Gasteiger partial charge is 0.341 e. The second-order valence-corrected chi connectivity index (χ2v) is 8.63. The van der Waals surface area contributed by atoms with Crippen molar-refractivity contribution in [2.24, 2.45) is 0 Å². The molecule has 2 atom stereocenters. The van der Waals surface area contributed by atoms with E-state index >= 15 is 0 Å². The molecule has 0 aromatic heterocycles. The molecule has 3 amide bonds. The minimum absolute atomic E-state index is 0.0517. The van der Waals surface area contributed by atoms with E-state index in [-0.39, 0.29) is 17.8 Å². The van der Waals surface area contributed by atoms with Crippen molar-refractivity contribution in [2.75, 3.05) is 25.5 Å². The zero-order chi connectivity index (χ0) is 22.7. The number of fused-ring (bicyclic) bond motifs is 2. The highest BCUT2D eigenvalue weighted by molar-refractivity contribution is 6.31. The zero-order valence-corrected chi connectivity index (χ0v) is 18.6. The van der Waals surface area contributed by atoms with Crippen molar-refractivity contribution in [1.29, 1.82) is 0 Å². The van der Waals surface area contributed by atoms with E-state index < -0.39 is 0 Å². The minimum atomic E-state index is -0.359. The number of anilines is 1. The average Bonchev–Trinajstić information content (AvgIpc) is 3.00. The number of nitrogens with zero attached hydrogens (tertiary/aromatic N) is 2. The van der Waals surface area contributed by atoms with Crippen LogP contribution in [0.15, 0.2) is 48.5 Å². The molecule has 2 aliphatic heterocycles. The van der Waals surface area contributed by atoms with Crippen molar-refractivity contribution in [3.63, 3.8) is 0 Å². The molecule has 8 heteroatoms. The molecule has 0 aliphatic carbocycles. The lowest BCUT2D eigenvalue weighted by molar-refractivity contribution is -0.129. The Morgan fingerprint density at radius 1 is 1.12 bits per heavy atom. The molecule has 32 heavy (non-hydrogen) atoms. The van der Waals surface area contributed by atoms with Crippen molar-refractivity contribution in [2.45, 2.75) is 31.5 Å². The van der Waals surface area contributed by atoms with Crippen LogP contribution in [0.2, 0.25) is 5.02 Å². The average molecular weight is 457 g/mol. The van der Waals surface area contributed by atoms with Crippen LogP contribution in [0.3, 0.4) is 0 Å². The number of piperazine rings is 1. The number of rotatable bonds is 5. The number of amides is 3. The van der Waals surface area contributed by atoms with Crippen LogP contribution in [0.5, 0.6) is 0 Å². The Kier molecular flexibility index (Phi) is 6.77. The second-order valence-electron chi connectivity index (χ2n) is 8.20. The third-order valence-corrected chi connectivity index (χ3v) is 6.35. The van der Waals surface area contributed by atoms with Crippen LogP contribution in [0.25, 0.3) is 6.08 Å². The van der Waals surface area contributed by atoms with Gasteiger partial charge in [0.2, 0.25) is 5.91 Å². The van der Waals surface area contributed by atoms with E-state index in [2.05, 4.69) is 15.5 Å². The van der Waals surface area contributed by atoms with Crippen LogP contribution in [0, 0.1) is 5.82 Å². The van der Waals surface area contributed by atoms with Crippen molar-refractivity contribution in [3.05, 3.63) is 70.5 Å². The molecule has 2 aromatic rings. The molecule has 2 aromatic carbocycles. The normalized spacial score (nSPS) is 20.5. The number of likely N-dealkylation sites (tertiary alicyclic amines) is 1. The quantitative estimate of drug-likeness (QED) is 0.665. The molecule has 2 N–H and O–H groups in total. The Morgan fingerprint density at radius 2 is 1.81 bits per heavy atom. The van der Waals surface area contributed by atoms with Gasteiger partial charge in [0, 0.05) is 49.9 Å². The van der Waals surface area contributed by atoms with Crippen LogP contribution < -0.4 is 10.6 Å². The van der Waals surface area contributed by atoms with Crippen molar-refractivity contribution in [3.8, 4) is 0 Å². The number of carbonyl (C=O) groups is 2. The molecular formula is C24H26ClFN4O2. The van der Waals surface area contributed by atoms with Crippen molar-refractivity contribution < 1.29 is 14.0 Å². The fourth-order valence-corrected chi connectivity index (χ4v) is 4.63. The summed E-state index contributed by atoms with van der Waals surface area (Å²) in [7, 11) is 1.53. The molecule has 2 bridgehead atoms. The van der Waals surface area contributed by atoms with Gasteiger partial charge in [-0.05, 0) is 54.3 Å². The number of carbonyl (C=O) groups excluding carboxylic acids is 2. The fraction of sp³-hybridized carbons (Fsp3) is 0.333. The van der Waals surface area contributed by atoms with Gasteiger partial charge in [-0.3, -0.25) is 9.69 Å². The third kappa shape index (κ3) is 5.11. The highest BCUT2D eigenvalue weighted by Crippen LogP contribution is 2.32. The SMILES string of the molecule is CNC(=O)Nc1cc(Cl)ccc1/C=C/C(=O)N1CC2CCC(C1)N2Cc1ccc(F)cc1. The van der Waals surface area contributed by atoms with Crippen LogP contribution in [-0.2, 0) is 11.3 Å². The van der Waals surface area contributed by atoms with Crippen molar-refractivity contribution in [1.82, 2.24) is 15.1 Å². The lowest BCUT2D eigenvalue weighted by atomic mass is 10.1. The Balaban J connectivity index is 1.41. The van der Waals surface area contributed by atoms with Gasteiger partial charge >= 0.3 is 6.03 Å². The number of halogens is 2. The lowest BCUT2D eigenvalue weighted by Crippen LogP contribution is -2.54. The Morgan fingerprint density at radius 3 is 2.47 bits per heavy atom. The summed E-state index contributed by atoms with van der Waals surface area (Å²) in [5.74, 6) is -0.280. The first-order chi connectivity index (χ1) is 15.4. The van der Waals surface area contributed by atoms with Gasteiger partial charge in [-0.1, -0.05) is 29.8 Å². The molecule has 168 valence electrons. The molecular weight excluding hydrogens is 431 g/mol.